The molecule has 2 unspecified atom stereocenters. The number of hydrogen-bond donors (Lipinski definition) is 2. The van der Waals surface area contributed by atoms with Crippen LogP contribution in [0.25, 0.3) is 0 Å². The van der Waals surface area contributed by atoms with Crippen molar-refractivity contribution in [2.24, 2.45) is 0 Å². The van der Waals surface area contributed by atoms with Crippen LogP contribution in [0.1, 0.15) is 54.5 Å². The van der Waals surface area contributed by atoms with E-state index in [-0.39, 0.29) is 11.1 Å². The van der Waals surface area contributed by atoms with Crippen molar-refractivity contribution in [2.45, 2.75) is 134 Å². The highest BCUT2D eigenvalue weighted by Gasteiger charge is 2.45. The summed E-state index contributed by atoms with van der Waals surface area (Å²) in [5.41, 5.74) is 5.28. The molecule has 18 heteroatoms. The zero-order valence-electron chi connectivity index (χ0n) is 39.1. The summed E-state index contributed by atoms with van der Waals surface area (Å²) in [4.78, 5) is 0. The Morgan fingerprint density at radius 2 is 0.873 bits per heavy atom. The van der Waals surface area contributed by atoms with Crippen molar-refractivity contribution in [3.63, 3.8) is 0 Å². The molecule has 55 heavy (non-hydrogen) atoms. The first-order valence-electron chi connectivity index (χ1n) is 20.8. The molecule has 0 fully saturated rings. The first kappa shape index (κ1) is 53.6. The van der Waals surface area contributed by atoms with E-state index in [1.165, 1.54) is 6.04 Å². The number of nitrogens with one attached hydrogen (secondary N) is 2. The number of benzene rings is 1. The highest BCUT2D eigenvalue weighted by molar-refractivity contribution is 6.85. The maximum Gasteiger partial charge on any atom is 0.341 e. The lowest BCUT2D eigenvalue weighted by Gasteiger charge is -2.40. The molecule has 0 aliphatic heterocycles. The molecule has 0 heterocycles. The van der Waals surface area contributed by atoms with Gasteiger partial charge in [0.25, 0.3) is 0 Å². The molecular formula is C37H86N2O8Si8. The van der Waals surface area contributed by atoms with Crippen molar-refractivity contribution >= 4 is 85.7 Å². The Bertz CT molecular complexity index is 1240. The summed E-state index contributed by atoms with van der Waals surface area (Å²) in [5.74, 6) is 0.326. The van der Waals surface area contributed by atoms with Gasteiger partial charge in [0.15, 0.2) is 0 Å². The quantitative estimate of drug-likeness (QED) is 0.0701. The minimum Gasteiger partial charge on any atom is -0.398 e. The SMILES string of the molecule is CO[Si](C)(CCCNC(NCCC[Si](C)(OC)OC)[SiH2]CCc1c(C(C)[Si](C)(OC)OC)c([SiH](C)C)c([SiH](C)C)c(C(C)[Si](C)(OC)OC)c1[SiH](C)C)OC. The molecule has 0 amide bonds. The maximum absolute atomic E-state index is 6.37. The monoisotopic (exact) mass is 910 g/mol. The highest BCUT2D eigenvalue weighted by atomic mass is 28.4. The second-order valence-electron chi connectivity index (χ2n) is 16.9. The van der Waals surface area contributed by atoms with Crippen molar-refractivity contribution in [2.75, 3.05) is 70.0 Å². The van der Waals surface area contributed by atoms with Crippen molar-refractivity contribution in [1.82, 2.24) is 10.6 Å². The van der Waals surface area contributed by atoms with Crippen molar-refractivity contribution in [3.05, 3.63) is 16.7 Å². The standard InChI is InChI=1S/C37H86N2O8Si8/c1-29(54(19,44-7)45-8)32-31(34(49(11)12)33(30(2)55(20,46-9)47-10)36(51(15)16)35(32)50(13)14)23-26-48-37(38-24-21-27-52(17,40-3)41-4)39-25-22-28-53(18,42-5)43-6/h29-30,37-39,49-51H,21-28,48H2,1-20H3. The van der Waals surface area contributed by atoms with Crippen molar-refractivity contribution in [1.29, 1.82) is 0 Å². The van der Waals surface area contributed by atoms with Crippen LogP contribution in [-0.4, -0.2) is 146 Å². The van der Waals surface area contributed by atoms with Gasteiger partial charge in [-0.05, 0) is 87.3 Å². The lowest BCUT2D eigenvalue weighted by Crippen LogP contribution is -2.59. The largest absolute Gasteiger partial charge is 0.398 e. The molecule has 10 nitrogen and oxygen atoms in total. The van der Waals surface area contributed by atoms with E-state index in [0.29, 0.717) is 5.79 Å². The van der Waals surface area contributed by atoms with E-state index in [9.17, 15) is 0 Å². The first-order valence-corrected chi connectivity index (χ1v) is 41.1. The normalized spacial score (nSPS) is 14.8. The average molecular weight is 912 g/mol. The van der Waals surface area contributed by atoms with Crippen LogP contribution < -0.4 is 26.2 Å². The molecule has 0 aromatic heterocycles. The minimum absolute atomic E-state index is 0.215. The van der Waals surface area contributed by atoms with E-state index in [1.807, 2.05) is 28.4 Å². The van der Waals surface area contributed by atoms with E-state index >= 15 is 0 Å². The molecule has 0 bridgehead atoms. The molecule has 0 aliphatic carbocycles. The topological polar surface area (TPSA) is 97.9 Å². The van der Waals surface area contributed by atoms with E-state index in [1.54, 1.807) is 60.7 Å². The smallest absolute Gasteiger partial charge is 0.341 e. The average Bonchev–Trinajstić information content (AvgIpc) is 3.18. The third-order valence-electron chi connectivity index (χ3n) is 12.6. The Labute approximate surface area is 350 Å². The lowest BCUT2D eigenvalue weighted by atomic mass is 9.97. The molecule has 1 aromatic carbocycles. The van der Waals surface area contributed by atoms with Gasteiger partial charge in [-0.2, -0.15) is 0 Å². The predicted molar refractivity (Wildman–Crippen MR) is 257 cm³/mol. The second-order valence-corrected chi connectivity index (χ2v) is 42.3. The van der Waals surface area contributed by atoms with Crippen LogP contribution in [0.3, 0.4) is 0 Å². The molecule has 1 rings (SSSR count). The zero-order valence-corrected chi connectivity index (χ0v) is 48.0. The summed E-state index contributed by atoms with van der Waals surface area (Å²) in [6.07, 6.45) is 3.15. The first-order chi connectivity index (χ1) is 25.7. The van der Waals surface area contributed by atoms with Gasteiger partial charge in [-0.3, -0.25) is 0 Å². The molecule has 1 aromatic rings. The van der Waals surface area contributed by atoms with Gasteiger partial charge in [0, 0.05) is 73.7 Å². The van der Waals surface area contributed by atoms with Gasteiger partial charge in [0.2, 0.25) is 0 Å². The fourth-order valence-electron chi connectivity index (χ4n) is 8.14. The van der Waals surface area contributed by atoms with Crippen molar-refractivity contribution < 1.29 is 35.4 Å². The Morgan fingerprint density at radius 1 is 0.527 bits per heavy atom. The molecule has 0 saturated heterocycles. The van der Waals surface area contributed by atoms with Gasteiger partial charge < -0.3 is 46.0 Å². The molecule has 2 atom stereocenters. The molecule has 0 aliphatic rings. The molecule has 0 saturated carbocycles. The summed E-state index contributed by atoms with van der Waals surface area (Å²) in [6.45, 7) is 30.8. The summed E-state index contributed by atoms with van der Waals surface area (Å²) < 4.78 is 48.6. The summed E-state index contributed by atoms with van der Waals surface area (Å²) in [6, 6.07) is 3.14. The van der Waals surface area contributed by atoms with E-state index in [0.717, 1.165) is 44.4 Å². The van der Waals surface area contributed by atoms with Crippen LogP contribution in [0.15, 0.2) is 0 Å². The summed E-state index contributed by atoms with van der Waals surface area (Å²) in [5, 5.41) is 13.0. The number of rotatable bonds is 29. The molecular weight excluding hydrogens is 825 g/mol. The molecule has 0 radical (unpaired) electrons. The third kappa shape index (κ3) is 14.3. The van der Waals surface area contributed by atoms with Gasteiger partial charge in [-0.1, -0.05) is 74.7 Å². The van der Waals surface area contributed by atoms with Gasteiger partial charge in [-0.15, -0.1) is 0 Å². The Balaban J connectivity index is 3.92. The maximum atomic E-state index is 6.37. The summed E-state index contributed by atoms with van der Waals surface area (Å²) in [7, 11) is 0.744. The van der Waals surface area contributed by atoms with Gasteiger partial charge in [0.1, 0.15) is 0 Å². The van der Waals surface area contributed by atoms with Gasteiger partial charge in [0.05, 0.1) is 35.9 Å². The van der Waals surface area contributed by atoms with Crippen LogP contribution >= 0.6 is 0 Å². The fourth-order valence-corrected chi connectivity index (χ4v) is 24.5. The van der Waals surface area contributed by atoms with E-state index in [2.05, 4.69) is 90.0 Å². The minimum atomic E-state index is -2.54. The van der Waals surface area contributed by atoms with Crippen LogP contribution in [-0.2, 0) is 41.8 Å². The highest BCUT2D eigenvalue weighted by Crippen LogP contribution is 2.34. The molecule has 324 valence electrons. The molecule has 2 N–H and O–H groups in total. The van der Waals surface area contributed by atoms with Gasteiger partial charge in [-0.25, -0.2) is 0 Å². The number of hydrogen-bond acceptors (Lipinski definition) is 10. The van der Waals surface area contributed by atoms with Crippen LogP contribution in [0.4, 0.5) is 0 Å². The van der Waals surface area contributed by atoms with Gasteiger partial charge >= 0.3 is 34.2 Å². The van der Waals surface area contributed by atoms with E-state index < -0.39 is 70.2 Å². The van der Waals surface area contributed by atoms with Crippen molar-refractivity contribution in [3.8, 4) is 0 Å². The van der Waals surface area contributed by atoms with Crippen LogP contribution in [0.5, 0.6) is 0 Å². The second kappa shape index (κ2) is 24.7. The Kier molecular flexibility index (Phi) is 24.1. The zero-order chi connectivity index (χ0) is 42.4. The van der Waals surface area contributed by atoms with Crippen LogP contribution in [0.2, 0.25) is 83.6 Å². The Morgan fingerprint density at radius 3 is 1.20 bits per heavy atom. The Hall–Kier alpha value is 0.555. The summed E-state index contributed by atoms with van der Waals surface area (Å²) >= 11 is 0. The third-order valence-corrected chi connectivity index (χ3v) is 33.2. The fraction of sp³-hybridized carbons (Fsp3) is 0.838. The molecule has 0 spiro atoms. The predicted octanol–water partition coefficient (Wildman–Crippen LogP) is 3.88. The lowest BCUT2D eigenvalue weighted by molar-refractivity contribution is 0.239. The van der Waals surface area contributed by atoms with Crippen LogP contribution in [0, 0.1) is 0 Å². The van der Waals surface area contributed by atoms with E-state index in [4.69, 9.17) is 35.4 Å².